The fraction of sp³-hybridized carbons (Fsp3) is 0. The van der Waals surface area contributed by atoms with Gasteiger partial charge < -0.3 is 4.40 Å². The Bertz CT molecular complexity index is 1170. The fourth-order valence-corrected chi connectivity index (χ4v) is 3.54. The Hall–Kier alpha value is -3.39. The monoisotopic (exact) mass is 321 g/mol. The Balaban J connectivity index is 1.93. The van der Waals surface area contributed by atoms with Crippen molar-refractivity contribution in [2.45, 2.75) is 0 Å². The summed E-state index contributed by atoms with van der Waals surface area (Å²) in [6.07, 6.45) is 6.37. The number of hydrogen-bond acceptors (Lipinski definition) is 0. The SMILES string of the molecule is c1ccc(-c2c(-[n+]3ccccc3)cc3c4ccccc4ccn23)cc1. The first kappa shape index (κ1) is 14.0. The molecule has 0 unspecified atom stereocenters. The van der Waals surface area contributed by atoms with Crippen LogP contribution in [0.5, 0.6) is 0 Å². The first-order valence-corrected chi connectivity index (χ1v) is 8.47. The summed E-state index contributed by atoms with van der Waals surface area (Å²) in [4.78, 5) is 0. The lowest BCUT2D eigenvalue weighted by Gasteiger charge is -2.06. The van der Waals surface area contributed by atoms with Crippen molar-refractivity contribution in [2.24, 2.45) is 0 Å². The predicted octanol–water partition coefficient (Wildman–Crippen LogP) is 5.04. The summed E-state index contributed by atoms with van der Waals surface area (Å²) in [5.74, 6) is 0. The highest BCUT2D eigenvalue weighted by Crippen LogP contribution is 2.31. The Labute approximate surface area is 146 Å². The third-order valence-electron chi connectivity index (χ3n) is 4.70. The van der Waals surface area contributed by atoms with E-state index in [0.717, 1.165) is 0 Å². The summed E-state index contributed by atoms with van der Waals surface area (Å²) in [5.41, 5.74) is 4.83. The van der Waals surface area contributed by atoms with E-state index in [2.05, 4.69) is 106 Å². The van der Waals surface area contributed by atoms with Gasteiger partial charge in [0.25, 0.3) is 0 Å². The van der Waals surface area contributed by atoms with Gasteiger partial charge in [0, 0.05) is 35.3 Å². The van der Waals surface area contributed by atoms with Crippen molar-refractivity contribution in [3.05, 3.63) is 104 Å². The van der Waals surface area contributed by atoms with Gasteiger partial charge >= 0.3 is 0 Å². The molecule has 0 amide bonds. The maximum absolute atomic E-state index is 2.30. The predicted molar refractivity (Wildman–Crippen MR) is 102 cm³/mol. The third kappa shape index (κ3) is 2.23. The van der Waals surface area contributed by atoms with Crippen LogP contribution in [0.1, 0.15) is 0 Å². The van der Waals surface area contributed by atoms with Crippen LogP contribution < -0.4 is 4.57 Å². The number of fused-ring (bicyclic) bond motifs is 3. The molecule has 0 aliphatic carbocycles. The van der Waals surface area contributed by atoms with Crippen LogP contribution in [-0.2, 0) is 0 Å². The quantitative estimate of drug-likeness (QED) is 0.403. The van der Waals surface area contributed by atoms with Crippen molar-refractivity contribution in [2.75, 3.05) is 0 Å². The zero-order chi connectivity index (χ0) is 16.6. The molecule has 0 saturated carbocycles. The Morgan fingerprint density at radius 1 is 0.680 bits per heavy atom. The molecule has 0 aliphatic rings. The lowest BCUT2D eigenvalue weighted by Crippen LogP contribution is -2.29. The van der Waals surface area contributed by atoms with Gasteiger partial charge in [0.15, 0.2) is 12.4 Å². The van der Waals surface area contributed by atoms with Gasteiger partial charge in [0.1, 0.15) is 5.69 Å². The van der Waals surface area contributed by atoms with E-state index in [-0.39, 0.29) is 0 Å². The van der Waals surface area contributed by atoms with Crippen molar-refractivity contribution in [3.8, 4) is 16.9 Å². The van der Waals surface area contributed by atoms with Crippen molar-refractivity contribution >= 4 is 16.3 Å². The van der Waals surface area contributed by atoms with Gasteiger partial charge in [-0.15, -0.1) is 0 Å². The first-order chi connectivity index (χ1) is 12.4. The second-order valence-electron chi connectivity index (χ2n) is 6.19. The summed E-state index contributed by atoms with van der Waals surface area (Å²) in [7, 11) is 0. The smallest absolute Gasteiger partial charge is 0.237 e. The van der Waals surface area contributed by atoms with Gasteiger partial charge in [0.05, 0.1) is 5.52 Å². The highest BCUT2D eigenvalue weighted by atomic mass is 15.0. The summed E-state index contributed by atoms with van der Waals surface area (Å²) < 4.78 is 4.48. The minimum atomic E-state index is 1.18. The zero-order valence-corrected chi connectivity index (χ0v) is 13.7. The van der Waals surface area contributed by atoms with Crippen LogP contribution in [0.15, 0.2) is 104 Å². The molecule has 0 bridgehead atoms. The van der Waals surface area contributed by atoms with Crippen molar-refractivity contribution in [3.63, 3.8) is 0 Å². The molecule has 0 N–H and O–H groups in total. The number of rotatable bonds is 2. The second kappa shape index (κ2) is 5.60. The van der Waals surface area contributed by atoms with E-state index in [0.29, 0.717) is 0 Å². The summed E-state index contributed by atoms with van der Waals surface area (Å²) in [5, 5.41) is 2.53. The summed E-state index contributed by atoms with van der Waals surface area (Å²) >= 11 is 0. The lowest BCUT2D eigenvalue weighted by atomic mass is 10.1. The van der Waals surface area contributed by atoms with Gasteiger partial charge in [0.2, 0.25) is 5.69 Å². The average Bonchev–Trinajstić information content (AvgIpc) is 3.09. The van der Waals surface area contributed by atoms with Gasteiger partial charge in [-0.25, -0.2) is 0 Å². The molecule has 0 fully saturated rings. The van der Waals surface area contributed by atoms with E-state index in [1.165, 1.54) is 33.2 Å². The van der Waals surface area contributed by atoms with Gasteiger partial charge in [-0.1, -0.05) is 60.7 Å². The molecule has 3 aromatic heterocycles. The highest BCUT2D eigenvalue weighted by Gasteiger charge is 2.20. The molecule has 0 aliphatic heterocycles. The number of aromatic nitrogens is 2. The topological polar surface area (TPSA) is 8.29 Å². The van der Waals surface area contributed by atoms with Gasteiger partial charge in [-0.2, -0.15) is 4.57 Å². The number of benzene rings is 2. The highest BCUT2D eigenvalue weighted by molar-refractivity contribution is 5.98. The molecule has 3 heterocycles. The Kier molecular flexibility index (Phi) is 3.14. The van der Waals surface area contributed by atoms with Gasteiger partial charge in [-0.3, -0.25) is 0 Å². The normalized spacial score (nSPS) is 11.2. The number of pyridine rings is 2. The molecule has 2 nitrogen and oxygen atoms in total. The Morgan fingerprint density at radius 3 is 2.24 bits per heavy atom. The standard InChI is InChI=1S/C23H17N2/c1-3-10-19(11-4-1)23-22(24-14-7-2-8-15-24)17-21-20-12-6-5-9-18(20)13-16-25(21)23/h1-17H/q+1. The summed E-state index contributed by atoms with van der Waals surface area (Å²) in [6.45, 7) is 0. The van der Waals surface area contributed by atoms with E-state index in [4.69, 9.17) is 0 Å². The van der Waals surface area contributed by atoms with Crippen molar-refractivity contribution in [1.29, 1.82) is 0 Å². The molecule has 118 valence electrons. The number of hydrogen-bond donors (Lipinski definition) is 0. The first-order valence-electron chi connectivity index (χ1n) is 8.47. The molecule has 0 atom stereocenters. The third-order valence-corrected chi connectivity index (χ3v) is 4.70. The van der Waals surface area contributed by atoms with Crippen LogP contribution in [0.2, 0.25) is 0 Å². The molecule has 2 aromatic carbocycles. The molecule has 0 radical (unpaired) electrons. The molecule has 25 heavy (non-hydrogen) atoms. The average molecular weight is 321 g/mol. The minimum absolute atomic E-state index is 1.18. The van der Waals surface area contributed by atoms with Crippen LogP contribution >= 0.6 is 0 Å². The van der Waals surface area contributed by atoms with Crippen molar-refractivity contribution in [1.82, 2.24) is 4.40 Å². The van der Waals surface area contributed by atoms with Crippen LogP contribution in [0.4, 0.5) is 0 Å². The molecule has 0 saturated heterocycles. The lowest BCUT2D eigenvalue weighted by molar-refractivity contribution is -0.595. The molecular weight excluding hydrogens is 304 g/mol. The molecule has 5 aromatic rings. The van der Waals surface area contributed by atoms with E-state index < -0.39 is 0 Å². The van der Waals surface area contributed by atoms with E-state index >= 15 is 0 Å². The molecular formula is C23H17N2+. The van der Waals surface area contributed by atoms with Crippen LogP contribution in [-0.4, -0.2) is 4.40 Å². The maximum Gasteiger partial charge on any atom is 0.237 e. The van der Waals surface area contributed by atoms with Gasteiger partial charge in [-0.05, 0) is 11.5 Å². The summed E-state index contributed by atoms with van der Waals surface area (Å²) in [6, 6.07) is 29.8. The van der Waals surface area contributed by atoms with Crippen LogP contribution in [0.3, 0.4) is 0 Å². The number of nitrogens with zero attached hydrogens (tertiary/aromatic N) is 2. The molecule has 2 heteroatoms. The molecule has 0 spiro atoms. The maximum atomic E-state index is 2.30. The van der Waals surface area contributed by atoms with E-state index in [1.54, 1.807) is 0 Å². The van der Waals surface area contributed by atoms with Crippen LogP contribution in [0.25, 0.3) is 33.2 Å². The minimum Gasteiger partial charge on any atom is -0.310 e. The van der Waals surface area contributed by atoms with E-state index in [1.807, 2.05) is 6.07 Å². The zero-order valence-electron chi connectivity index (χ0n) is 13.7. The Morgan fingerprint density at radius 2 is 1.40 bits per heavy atom. The van der Waals surface area contributed by atoms with E-state index in [9.17, 15) is 0 Å². The largest absolute Gasteiger partial charge is 0.310 e. The second-order valence-corrected chi connectivity index (χ2v) is 6.19. The molecule has 5 rings (SSSR count). The van der Waals surface area contributed by atoms with Crippen molar-refractivity contribution < 1.29 is 4.57 Å². The fourth-order valence-electron chi connectivity index (χ4n) is 3.54. The van der Waals surface area contributed by atoms with Crippen LogP contribution in [0, 0.1) is 0 Å².